The number of aliphatic hydroxyl groups is 1. The van der Waals surface area contributed by atoms with Crippen LogP contribution in [0.15, 0.2) is 79.3 Å². The van der Waals surface area contributed by atoms with Crippen molar-refractivity contribution in [3.05, 3.63) is 100 Å². The highest BCUT2D eigenvalue weighted by atomic mass is 19.4. The van der Waals surface area contributed by atoms with Gasteiger partial charge in [0.25, 0.3) is 5.69 Å². The number of anilines is 1. The van der Waals surface area contributed by atoms with Crippen LogP contribution in [-0.4, -0.2) is 32.3 Å². The minimum Gasteiger partial charge on any atom is -0.380 e. The van der Waals surface area contributed by atoms with E-state index in [0.29, 0.717) is 5.69 Å². The van der Waals surface area contributed by atoms with Gasteiger partial charge in [-0.1, -0.05) is 30.3 Å². The van der Waals surface area contributed by atoms with Crippen LogP contribution in [0.4, 0.5) is 24.5 Å². The average Bonchev–Trinajstić information content (AvgIpc) is 3.16. The lowest BCUT2D eigenvalue weighted by molar-refractivity contribution is -0.384. The monoisotopic (exact) mass is 456 g/mol. The Hall–Kier alpha value is -3.92. The molecule has 0 amide bonds. The largest absolute Gasteiger partial charge is 0.423 e. The van der Waals surface area contributed by atoms with E-state index in [0.717, 1.165) is 11.6 Å². The number of nitro benzene ring substituents is 1. The number of nitro groups is 1. The molecule has 0 aliphatic rings. The van der Waals surface area contributed by atoms with Gasteiger partial charge in [0, 0.05) is 48.2 Å². The third-order valence-corrected chi connectivity index (χ3v) is 5.40. The average molecular weight is 456 g/mol. The summed E-state index contributed by atoms with van der Waals surface area (Å²) < 4.78 is 44.2. The van der Waals surface area contributed by atoms with Gasteiger partial charge in [-0.05, 0) is 23.8 Å². The smallest absolute Gasteiger partial charge is 0.380 e. The van der Waals surface area contributed by atoms with Crippen LogP contribution in [0.5, 0.6) is 0 Å². The van der Waals surface area contributed by atoms with Crippen molar-refractivity contribution in [1.82, 2.24) is 9.55 Å². The van der Waals surface area contributed by atoms with Crippen LogP contribution < -0.4 is 5.32 Å². The van der Waals surface area contributed by atoms with Crippen molar-refractivity contribution in [3.63, 3.8) is 0 Å². The third kappa shape index (κ3) is 4.37. The van der Waals surface area contributed by atoms with E-state index in [1.807, 2.05) is 0 Å². The van der Waals surface area contributed by atoms with Crippen LogP contribution in [0.2, 0.25) is 0 Å². The van der Waals surface area contributed by atoms with Crippen LogP contribution >= 0.6 is 0 Å². The zero-order chi connectivity index (χ0) is 23.6. The van der Waals surface area contributed by atoms with Gasteiger partial charge < -0.3 is 15.0 Å². The number of pyridine rings is 1. The number of nitrogens with zero attached hydrogens (tertiary/aromatic N) is 3. The molecule has 10 heteroatoms. The Morgan fingerprint density at radius 1 is 1.09 bits per heavy atom. The van der Waals surface area contributed by atoms with Crippen molar-refractivity contribution < 1.29 is 23.2 Å². The molecule has 0 aliphatic carbocycles. The predicted octanol–water partition coefficient (Wildman–Crippen LogP) is 4.85. The molecule has 0 bridgehead atoms. The number of alkyl halides is 3. The summed E-state index contributed by atoms with van der Waals surface area (Å²) in [6.07, 6.45) is -1.00. The summed E-state index contributed by atoms with van der Waals surface area (Å²) in [7, 11) is 0. The number of hydrogen-bond donors (Lipinski definition) is 2. The van der Waals surface area contributed by atoms with Crippen molar-refractivity contribution in [1.29, 1.82) is 0 Å². The molecule has 1 atom stereocenters. The second-order valence-corrected chi connectivity index (χ2v) is 7.57. The summed E-state index contributed by atoms with van der Waals surface area (Å²) in [4.78, 5) is 14.5. The predicted molar refractivity (Wildman–Crippen MR) is 117 cm³/mol. The highest BCUT2D eigenvalue weighted by Gasteiger charge is 2.56. The fourth-order valence-electron chi connectivity index (χ4n) is 3.68. The van der Waals surface area contributed by atoms with E-state index in [2.05, 4.69) is 10.3 Å². The molecule has 2 aromatic carbocycles. The molecule has 4 aromatic rings. The summed E-state index contributed by atoms with van der Waals surface area (Å²) in [5.41, 5.74) is -2.61. The highest BCUT2D eigenvalue weighted by molar-refractivity contribution is 5.87. The number of fused-ring (bicyclic) bond motifs is 1. The van der Waals surface area contributed by atoms with Gasteiger partial charge in [0.05, 0.1) is 22.7 Å². The third-order valence-electron chi connectivity index (χ3n) is 5.40. The number of nitrogens with one attached hydrogen (secondary N) is 1. The number of rotatable bonds is 7. The Morgan fingerprint density at radius 3 is 2.48 bits per heavy atom. The molecule has 7 nitrogen and oxygen atoms in total. The van der Waals surface area contributed by atoms with Crippen LogP contribution in [-0.2, 0) is 12.1 Å². The van der Waals surface area contributed by atoms with E-state index in [1.54, 1.807) is 36.4 Å². The van der Waals surface area contributed by atoms with Gasteiger partial charge in [-0.25, -0.2) is 0 Å². The first-order valence-corrected chi connectivity index (χ1v) is 9.94. The number of benzene rings is 2. The van der Waals surface area contributed by atoms with Crippen molar-refractivity contribution in [3.8, 4) is 0 Å². The van der Waals surface area contributed by atoms with Crippen molar-refractivity contribution in [2.24, 2.45) is 0 Å². The van der Waals surface area contributed by atoms with Gasteiger partial charge in [0.15, 0.2) is 0 Å². The molecule has 2 heterocycles. The Labute approximate surface area is 186 Å². The van der Waals surface area contributed by atoms with Gasteiger partial charge in [0.2, 0.25) is 5.60 Å². The van der Waals surface area contributed by atoms with E-state index in [1.165, 1.54) is 41.4 Å². The lowest BCUT2D eigenvalue weighted by Crippen LogP contribution is -2.47. The lowest BCUT2D eigenvalue weighted by atomic mass is 9.92. The molecule has 4 rings (SSSR count). The summed E-state index contributed by atoms with van der Waals surface area (Å²) in [5.74, 6) is 0. The Balaban J connectivity index is 1.85. The topological polar surface area (TPSA) is 93.2 Å². The summed E-state index contributed by atoms with van der Waals surface area (Å²) in [6, 6.07) is 15.6. The number of non-ortho nitro benzene ring substituents is 1. The SMILES string of the molecule is O=[N+]([O-])c1ccc2c(C(O)(CNc3cccnc3)C(F)(F)F)cn(Cc3ccccc3)c2c1. The molecule has 0 spiro atoms. The van der Waals surface area contributed by atoms with Gasteiger partial charge >= 0.3 is 6.18 Å². The van der Waals surface area contributed by atoms with Crippen LogP contribution in [0.25, 0.3) is 10.9 Å². The zero-order valence-corrected chi connectivity index (χ0v) is 17.2. The molecule has 170 valence electrons. The van der Waals surface area contributed by atoms with Crippen molar-refractivity contribution in [2.45, 2.75) is 18.3 Å². The highest BCUT2D eigenvalue weighted by Crippen LogP contribution is 2.43. The molecule has 1 unspecified atom stereocenters. The number of halogens is 3. The normalized spacial score (nSPS) is 13.6. The molecule has 0 saturated heterocycles. The Morgan fingerprint density at radius 2 is 1.85 bits per heavy atom. The molecule has 0 radical (unpaired) electrons. The molecule has 2 aromatic heterocycles. The van der Waals surface area contributed by atoms with Gasteiger partial charge in [-0.15, -0.1) is 0 Å². The molecule has 0 fully saturated rings. The number of aromatic nitrogens is 2. The van der Waals surface area contributed by atoms with Crippen molar-refractivity contribution in [2.75, 3.05) is 11.9 Å². The fourth-order valence-corrected chi connectivity index (χ4v) is 3.68. The summed E-state index contributed by atoms with van der Waals surface area (Å²) in [5, 5.41) is 24.9. The van der Waals surface area contributed by atoms with E-state index in [4.69, 9.17) is 0 Å². The molecule has 0 saturated carbocycles. The number of hydrogen-bond acceptors (Lipinski definition) is 5. The standard InChI is InChI=1S/C23H19F3N4O3/c24-23(25,26)22(31,15-28-17-7-4-10-27-12-17)20-14-29(13-16-5-2-1-3-6-16)21-11-18(30(32)33)8-9-19(20)21/h1-12,14,28,31H,13,15H2. The van der Waals surface area contributed by atoms with E-state index < -0.39 is 28.8 Å². The second-order valence-electron chi connectivity index (χ2n) is 7.57. The van der Waals surface area contributed by atoms with Gasteiger partial charge in [-0.2, -0.15) is 13.2 Å². The maximum atomic E-state index is 14.2. The maximum absolute atomic E-state index is 14.2. The van der Waals surface area contributed by atoms with Crippen LogP contribution in [0.1, 0.15) is 11.1 Å². The molecular weight excluding hydrogens is 437 g/mol. The van der Waals surface area contributed by atoms with E-state index in [9.17, 15) is 28.4 Å². The summed E-state index contributed by atoms with van der Waals surface area (Å²) in [6.45, 7) is -0.702. The van der Waals surface area contributed by atoms with E-state index in [-0.39, 0.29) is 23.1 Å². The van der Waals surface area contributed by atoms with Crippen LogP contribution in [0, 0.1) is 10.1 Å². The fraction of sp³-hybridized carbons (Fsp3) is 0.174. The first-order valence-electron chi connectivity index (χ1n) is 9.94. The molecule has 0 aliphatic heterocycles. The Bertz CT molecular complexity index is 1280. The lowest BCUT2D eigenvalue weighted by Gasteiger charge is -2.31. The second kappa shape index (κ2) is 8.55. The first-order chi connectivity index (χ1) is 15.7. The Kier molecular flexibility index (Phi) is 5.77. The zero-order valence-electron chi connectivity index (χ0n) is 17.2. The first kappa shape index (κ1) is 22.3. The maximum Gasteiger partial charge on any atom is 0.423 e. The van der Waals surface area contributed by atoms with Gasteiger partial charge in [-0.3, -0.25) is 15.1 Å². The van der Waals surface area contributed by atoms with Crippen LogP contribution in [0.3, 0.4) is 0 Å². The van der Waals surface area contributed by atoms with Crippen molar-refractivity contribution >= 4 is 22.3 Å². The van der Waals surface area contributed by atoms with Gasteiger partial charge in [0.1, 0.15) is 0 Å². The minimum atomic E-state index is -5.03. The molecule has 2 N–H and O–H groups in total. The quantitative estimate of drug-likeness (QED) is 0.306. The minimum absolute atomic E-state index is 0.0735. The van der Waals surface area contributed by atoms with E-state index >= 15 is 0 Å². The molecular formula is C23H19F3N4O3. The summed E-state index contributed by atoms with van der Waals surface area (Å²) >= 11 is 0. The molecule has 33 heavy (non-hydrogen) atoms.